The van der Waals surface area contributed by atoms with Crippen LogP contribution >= 0.6 is 0 Å². The van der Waals surface area contributed by atoms with Crippen LogP contribution in [0, 0.1) is 0 Å². The number of carbonyl (C=O) groups is 3. The molecule has 0 radical (unpaired) electrons. The van der Waals surface area contributed by atoms with Gasteiger partial charge in [0.25, 0.3) is 6.29 Å². The number of carboxylic acids is 1. The van der Waals surface area contributed by atoms with Crippen molar-refractivity contribution in [1.82, 2.24) is 0 Å². The van der Waals surface area contributed by atoms with E-state index in [1.54, 1.807) is 0 Å². The van der Waals surface area contributed by atoms with Gasteiger partial charge in [-0.2, -0.15) is 0 Å². The van der Waals surface area contributed by atoms with Crippen LogP contribution in [0.1, 0.15) is 361 Å². The number of hydrogen-bond donors (Lipinski definition) is 1. The molecule has 2 atom stereocenters. The van der Waals surface area contributed by atoms with E-state index in [1.807, 2.05) is 21.1 Å². The Morgan fingerprint density at radius 2 is 0.588 bits per heavy atom. The van der Waals surface area contributed by atoms with Crippen molar-refractivity contribution < 1.29 is 42.9 Å². The average molecular weight is 1350 g/mol. The molecule has 97 heavy (non-hydrogen) atoms. The number of quaternary nitrogens is 1. The zero-order valence-corrected chi connectivity index (χ0v) is 64.0. The molecule has 0 saturated heterocycles. The van der Waals surface area contributed by atoms with Gasteiger partial charge in [-0.15, -0.1) is 0 Å². The first-order chi connectivity index (χ1) is 47.6. The second-order valence-corrected chi connectivity index (χ2v) is 28.3. The van der Waals surface area contributed by atoms with E-state index in [0.29, 0.717) is 17.4 Å². The molecule has 9 heteroatoms. The molecule has 0 amide bonds. The largest absolute Gasteiger partial charge is 0.477 e. The van der Waals surface area contributed by atoms with Gasteiger partial charge in [-0.05, 0) is 109 Å². The highest BCUT2D eigenvalue weighted by molar-refractivity contribution is 5.71. The minimum absolute atomic E-state index is 0.184. The second-order valence-electron chi connectivity index (χ2n) is 28.3. The van der Waals surface area contributed by atoms with Crippen molar-refractivity contribution in [1.29, 1.82) is 0 Å². The number of carboxylic acid groups (broad SMARTS) is 1. The Labute approximate surface area is 599 Å². The molecule has 0 rings (SSSR count). The molecule has 0 aromatic heterocycles. The number of carbonyl (C=O) groups excluding carboxylic acids is 2. The van der Waals surface area contributed by atoms with Gasteiger partial charge in [0.1, 0.15) is 13.2 Å². The molecular formula is C88H154NO8+. The number of likely N-dealkylation sites (N-methyl/N-ethyl adjacent to an activating group) is 1. The number of aliphatic carboxylic acids is 1. The summed E-state index contributed by atoms with van der Waals surface area (Å²) in [5.74, 6) is -1.99. The molecule has 0 heterocycles. The van der Waals surface area contributed by atoms with Crippen LogP contribution in [-0.2, 0) is 33.3 Å². The standard InChI is InChI=1S/C88H153NO8/c1-6-8-10-12-14-16-18-20-22-24-26-28-30-32-34-36-38-40-42-43-45-46-48-50-52-54-56-58-60-62-64-66-68-70-72-74-76-78-85(90)95-82-84(83-96-88(87(92)93)94-81-80-89(3,4)5)97-86(91)79-77-75-73-71-69-67-65-63-61-59-57-55-53-51-49-47-44-41-39-37-35-33-31-29-27-25-23-21-19-17-15-13-11-9-7-2/h9,11,15,17-18,20-21,23-24,26-27,29-30,32-33,35,39,41,47,49,84,88H,6-8,10,12-14,16,19,22,25,28,31,34,36-38,40,42-46,48,50-83H2,1-5H3/p+1/b11-9-,17-15-,20-18-,23-21-,26-24-,29-27-,32-30-,35-33-,41-39-,49-47-. The molecule has 0 saturated carbocycles. The average Bonchev–Trinajstić information content (AvgIpc) is 3.74. The lowest BCUT2D eigenvalue weighted by Gasteiger charge is -2.25. The van der Waals surface area contributed by atoms with Gasteiger partial charge in [0.2, 0.25) is 0 Å². The zero-order chi connectivity index (χ0) is 70.4. The fourth-order valence-corrected chi connectivity index (χ4v) is 11.5. The number of rotatable bonds is 75. The summed E-state index contributed by atoms with van der Waals surface area (Å²) in [6.07, 6.45) is 108. The Kier molecular flexibility index (Phi) is 74.0. The van der Waals surface area contributed by atoms with E-state index in [-0.39, 0.29) is 32.2 Å². The summed E-state index contributed by atoms with van der Waals surface area (Å²) in [6, 6.07) is 0. The Balaban J connectivity index is 4.02. The summed E-state index contributed by atoms with van der Waals surface area (Å²) >= 11 is 0. The summed E-state index contributed by atoms with van der Waals surface area (Å²) in [5, 5.41) is 9.78. The van der Waals surface area contributed by atoms with Crippen LogP contribution in [0.2, 0.25) is 0 Å². The molecule has 1 N–H and O–H groups in total. The molecule has 0 bridgehead atoms. The summed E-state index contributed by atoms with van der Waals surface area (Å²) < 4.78 is 23.1. The smallest absolute Gasteiger partial charge is 0.361 e. The van der Waals surface area contributed by atoms with Crippen LogP contribution in [0.5, 0.6) is 0 Å². The molecule has 2 unspecified atom stereocenters. The molecule has 0 aliphatic carbocycles. The van der Waals surface area contributed by atoms with Gasteiger partial charge in [-0.3, -0.25) is 9.59 Å². The molecule has 0 aliphatic rings. The minimum atomic E-state index is -1.52. The monoisotopic (exact) mass is 1350 g/mol. The maximum atomic E-state index is 13.0. The maximum absolute atomic E-state index is 13.0. The molecular weight excluding hydrogens is 1200 g/mol. The number of ether oxygens (including phenoxy) is 4. The van der Waals surface area contributed by atoms with Crippen molar-refractivity contribution in [2.45, 2.75) is 373 Å². The lowest BCUT2D eigenvalue weighted by molar-refractivity contribution is -0.870. The van der Waals surface area contributed by atoms with E-state index in [4.69, 9.17) is 18.9 Å². The summed E-state index contributed by atoms with van der Waals surface area (Å²) in [4.78, 5) is 37.8. The van der Waals surface area contributed by atoms with Crippen LogP contribution in [-0.4, -0.2) is 87.4 Å². The van der Waals surface area contributed by atoms with E-state index >= 15 is 0 Å². The van der Waals surface area contributed by atoms with Gasteiger partial charge in [-0.1, -0.05) is 360 Å². The van der Waals surface area contributed by atoms with E-state index < -0.39 is 24.3 Å². The molecule has 9 nitrogen and oxygen atoms in total. The van der Waals surface area contributed by atoms with Gasteiger partial charge in [0.15, 0.2) is 6.10 Å². The van der Waals surface area contributed by atoms with Gasteiger partial charge in [0.05, 0.1) is 34.4 Å². The number of allylic oxidation sites excluding steroid dienone is 20. The number of unbranched alkanes of at least 4 members (excludes halogenated alkanes) is 40. The van der Waals surface area contributed by atoms with Crippen LogP contribution in [0.3, 0.4) is 0 Å². The Morgan fingerprint density at radius 3 is 0.876 bits per heavy atom. The highest BCUT2D eigenvalue weighted by Crippen LogP contribution is 2.19. The third kappa shape index (κ3) is 78.9. The van der Waals surface area contributed by atoms with Gasteiger partial charge in [0, 0.05) is 12.8 Å². The molecule has 558 valence electrons. The number of nitrogens with zero attached hydrogens (tertiary/aromatic N) is 1. The lowest BCUT2D eigenvalue weighted by atomic mass is 10.0. The van der Waals surface area contributed by atoms with E-state index in [2.05, 4.69) is 135 Å². The lowest BCUT2D eigenvalue weighted by Crippen LogP contribution is -2.40. The zero-order valence-electron chi connectivity index (χ0n) is 64.0. The fraction of sp³-hybridized carbons (Fsp3) is 0.739. The summed E-state index contributed by atoms with van der Waals surface area (Å²) in [5.41, 5.74) is 0. The van der Waals surface area contributed by atoms with Gasteiger partial charge < -0.3 is 28.5 Å². The topological polar surface area (TPSA) is 108 Å². The van der Waals surface area contributed by atoms with E-state index in [9.17, 15) is 19.5 Å². The third-order valence-corrected chi connectivity index (χ3v) is 17.7. The van der Waals surface area contributed by atoms with Crippen molar-refractivity contribution >= 4 is 17.9 Å². The molecule has 0 aliphatic heterocycles. The highest BCUT2D eigenvalue weighted by Gasteiger charge is 2.25. The van der Waals surface area contributed by atoms with Crippen molar-refractivity contribution in [2.75, 3.05) is 47.5 Å². The van der Waals surface area contributed by atoms with Crippen molar-refractivity contribution in [3.05, 3.63) is 122 Å². The van der Waals surface area contributed by atoms with Crippen molar-refractivity contribution in [3.63, 3.8) is 0 Å². The van der Waals surface area contributed by atoms with Crippen LogP contribution in [0.4, 0.5) is 0 Å². The normalized spacial score (nSPS) is 13.3. The van der Waals surface area contributed by atoms with Crippen LogP contribution in [0.25, 0.3) is 0 Å². The highest BCUT2D eigenvalue weighted by atomic mass is 16.7. The fourth-order valence-electron chi connectivity index (χ4n) is 11.5. The van der Waals surface area contributed by atoms with Gasteiger partial charge in [-0.25, -0.2) is 4.79 Å². The van der Waals surface area contributed by atoms with E-state index in [1.165, 1.54) is 231 Å². The van der Waals surface area contributed by atoms with E-state index in [0.717, 1.165) is 103 Å². The van der Waals surface area contributed by atoms with Crippen LogP contribution in [0.15, 0.2) is 122 Å². The van der Waals surface area contributed by atoms with Crippen molar-refractivity contribution in [3.8, 4) is 0 Å². The van der Waals surface area contributed by atoms with Crippen molar-refractivity contribution in [2.24, 2.45) is 0 Å². The van der Waals surface area contributed by atoms with Gasteiger partial charge >= 0.3 is 17.9 Å². The SMILES string of the molecule is CC/C=C\C/C=C\C/C=C\C/C=C\C/C=C\C/C=C\C/C=C\CCCCCCCCCCCCCCCC(=O)OC(COC(=O)CCCCCCCCCCCCCCCCCCCCCCCC/C=C\C/C=C\C/C=C\CCCCCCC)COC(OCC[N+](C)(C)C)C(=O)O. The predicted octanol–water partition coefficient (Wildman–Crippen LogP) is 26.3. The Morgan fingerprint density at radius 1 is 0.320 bits per heavy atom. The molecule has 0 aromatic rings. The molecule has 0 spiro atoms. The minimum Gasteiger partial charge on any atom is -0.477 e. The maximum Gasteiger partial charge on any atom is 0.361 e. The number of esters is 2. The quantitative estimate of drug-likeness (QED) is 0.0211. The Hall–Kier alpha value is -4.31. The van der Waals surface area contributed by atoms with Crippen LogP contribution < -0.4 is 0 Å². The second kappa shape index (κ2) is 77.4. The first kappa shape index (κ1) is 92.7. The number of hydrogen-bond acceptors (Lipinski definition) is 7. The Bertz CT molecular complexity index is 2020. The predicted molar refractivity (Wildman–Crippen MR) is 419 cm³/mol. The summed E-state index contributed by atoms with van der Waals surface area (Å²) in [6.45, 7) is 4.79. The molecule has 0 aromatic carbocycles. The molecule has 0 fully saturated rings. The first-order valence-electron chi connectivity index (χ1n) is 40.7. The first-order valence-corrected chi connectivity index (χ1v) is 40.7. The third-order valence-electron chi connectivity index (χ3n) is 17.7. The summed E-state index contributed by atoms with van der Waals surface area (Å²) in [7, 11) is 5.99.